The SMILES string of the molecule is CCNC1CCCc2sc(N(C)C3CCCCC3)nc21. The third-order valence-corrected chi connectivity index (χ3v) is 6.04. The zero-order chi connectivity index (χ0) is 13.9. The van der Waals surface area contributed by atoms with Crippen LogP contribution in [0.1, 0.15) is 68.5 Å². The summed E-state index contributed by atoms with van der Waals surface area (Å²) in [5, 5.41) is 4.85. The first-order chi connectivity index (χ1) is 9.79. The number of aromatic nitrogens is 1. The maximum absolute atomic E-state index is 5.01. The van der Waals surface area contributed by atoms with Crippen molar-refractivity contribution in [1.29, 1.82) is 0 Å². The predicted octanol–water partition coefficient (Wildman–Crippen LogP) is 3.90. The van der Waals surface area contributed by atoms with E-state index < -0.39 is 0 Å². The second-order valence-electron chi connectivity index (χ2n) is 6.21. The molecule has 0 saturated heterocycles. The van der Waals surface area contributed by atoms with E-state index >= 15 is 0 Å². The predicted molar refractivity (Wildman–Crippen MR) is 86.7 cm³/mol. The summed E-state index contributed by atoms with van der Waals surface area (Å²) in [4.78, 5) is 9.00. The highest BCUT2D eigenvalue weighted by atomic mass is 32.1. The van der Waals surface area contributed by atoms with Crippen LogP contribution in [0, 0.1) is 0 Å². The average molecular weight is 293 g/mol. The van der Waals surface area contributed by atoms with Crippen molar-refractivity contribution in [2.24, 2.45) is 0 Å². The van der Waals surface area contributed by atoms with Crippen molar-refractivity contribution >= 4 is 16.5 Å². The third-order valence-electron chi connectivity index (χ3n) is 4.82. The molecule has 1 N–H and O–H groups in total. The summed E-state index contributed by atoms with van der Waals surface area (Å²) in [7, 11) is 2.25. The van der Waals surface area contributed by atoms with E-state index in [2.05, 4.69) is 24.2 Å². The Kier molecular flexibility index (Phi) is 4.61. The molecule has 1 heterocycles. The van der Waals surface area contributed by atoms with Gasteiger partial charge in [0.05, 0.1) is 11.7 Å². The zero-order valence-corrected chi connectivity index (χ0v) is 13.6. The van der Waals surface area contributed by atoms with Gasteiger partial charge in [0.25, 0.3) is 0 Å². The van der Waals surface area contributed by atoms with Crippen LogP contribution in [0.4, 0.5) is 5.13 Å². The average Bonchev–Trinajstić information content (AvgIpc) is 2.93. The molecule has 1 saturated carbocycles. The molecule has 1 atom stereocenters. The largest absolute Gasteiger partial charge is 0.348 e. The van der Waals surface area contributed by atoms with E-state index in [4.69, 9.17) is 4.98 Å². The molecular formula is C16H27N3S. The van der Waals surface area contributed by atoms with Gasteiger partial charge in [-0.05, 0) is 38.6 Å². The molecule has 20 heavy (non-hydrogen) atoms. The van der Waals surface area contributed by atoms with Gasteiger partial charge in [-0.3, -0.25) is 0 Å². The number of anilines is 1. The molecule has 2 aliphatic carbocycles. The fourth-order valence-corrected chi connectivity index (χ4v) is 4.82. The molecule has 3 nitrogen and oxygen atoms in total. The highest BCUT2D eigenvalue weighted by Gasteiger charge is 2.27. The second-order valence-corrected chi connectivity index (χ2v) is 7.27. The number of nitrogens with one attached hydrogen (secondary N) is 1. The minimum atomic E-state index is 0.494. The van der Waals surface area contributed by atoms with Gasteiger partial charge >= 0.3 is 0 Å². The van der Waals surface area contributed by atoms with Crippen LogP contribution in [0.2, 0.25) is 0 Å². The Hall–Kier alpha value is -0.610. The van der Waals surface area contributed by atoms with Crippen LogP contribution in [0.3, 0.4) is 0 Å². The second kappa shape index (κ2) is 6.44. The third kappa shape index (κ3) is 2.86. The van der Waals surface area contributed by atoms with Gasteiger partial charge in [-0.1, -0.05) is 26.2 Å². The Balaban J connectivity index is 1.77. The Morgan fingerprint density at radius 1 is 1.20 bits per heavy atom. The number of fused-ring (bicyclic) bond motifs is 1. The Bertz CT molecular complexity index is 437. The van der Waals surface area contributed by atoms with Crippen molar-refractivity contribution in [2.45, 2.75) is 70.4 Å². The van der Waals surface area contributed by atoms with E-state index in [9.17, 15) is 0 Å². The lowest BCUT2D eigenvalue weighted by Crippen LogP contribution is -2.33. The van der Waals surface area contributed by atoms with Gasteiger partial charge in [0.1, 0.15) is 0 Å². The van der Waals surface area contributed by atoms with Crippen molar-refractivity contribution in [3.05, 3.63) is 10.6 Å². The van der Waals surface area contributed by atoms with Crippen LogP contribution in [0.5, 0.6) is 0 Å². The van der Waals surface area contributed by atoms with Crippen molar-refractivity contribution in [3.8, 4) is 0 Å². The van der Waals surface area contributed by atoms with E-state index in [0.29, 0.717) is 12.1 Å². The molecule has 1 unspecified atom stereocenters. The standard InChI is InChI=1S/C16H27N3S/c1-3-17-13-10-7-11-14-15(13)18-16(20-14)19(2)12-8-5-4-6-9-12/h12-13,17H,3-11H2,1-2H3. The molecule has 1 aromatic rings. The summed E-state index contributed by atoms with van der Waals surface area (Å²) in [6.07, 6.45) is 10.7. The molecule has 0 bridgehead atoms. The maximum Gasteiger partial charge on any atom is 0.185 e. The van der Waals surface area contributed by atoms with Crippen LogP contribution < -0.4 is 10.2 Å². The first-order valence-corrected chi connectivity index (χ1v) is 9.07. The van der Waals surface area contributed by atoms with Crippen molar-refractivity contribution in [2.75, 3.05) is 18.5 Å². The quantitative estimate of drug-likeness (QED) is 0.912. The molecule has 3 rings (SSSR count). The fraction of sp³-hybridized carbons (Fsp3) is 0.812. The number of thiazole rings is 1. The van der Waals surface area contributed by atoms with Gasteiger partial charge in [0.15, 0.2) is 5.13 Å². The Labute approximate surface area is 126 Å². The monoisotopic (exact) mass is 293 g/mol. The first-order valence-electron chi connectivity index (χ1n) is 8.25. The molecule has 0 radical (unpaired) electrons. The normalized spacial score (nSPS) is 23.6. The van der Waals surface area contributed by atoms with Gasteiger partial charge in [-0.2, -0.15) is 0 Å². The Morgan fingerprint density at radius 3 is 2.75 bits per heavy atom. The van der Waals surface area contributed by atoms with E-state index in [1.54, 1.807) is 0 Å². The molecule has 1 aromatic heterocycles. The number of hydrogen-bond acceptors (Lipinski definition) is 4. The highest BCUT2D eigenvalue weighted by Crippen LogP contribution is 2.38. The number of rotatable bonds is 4. The van der Waals surface area contributed by atoms with E-state index in [1.807, 2.05) is 11.3 Å². The highest BCUT2D eigenvalue weighted by molar-refractivity contribution is 7.15. The summed E-state index contributed by atoms with van der Waals surface area (Å²) in [5.74, 6) is 0. The summed E-state index contributed by atoms with van der Waals surface area (Å²) >= 11 is 1.94. The van der Waals surface area contributed by atoms with Crippen molar-refractivity contribution in [3.63, 3.8) is 0 Å². The molecule has 0 aromatic carbocycles. The summed E-state index contributed by atoms with van der Waals surface area (Å²) in [6.45, 7) is 3.23. The lowest BCUT2D eigenvalue weighted by atomic mass is 9.95. The van der Waals surface area contributed by atoms with Crippen LogP contribution in [0.25, 0.3) is 0 Å². The fourth-order valence-electron chi connectivity index (χ4n) is 3.63. The van der Waals surface area contributed by atoms with Crippen molar-refractivity contribution < 1.29 is 0 Å². The number of nitrogens with zero attached hydrogens (tertiary/aromatic N) is 2. The molecule has 0 amide bonds. The molecule has 112 valence electrons. The molecule has 2 aliphatic rings. The lowest BCUT2D eigenvalue weighted by molar-refractivity contribution is 0.426. The number of aryl methyl sites for hydroxylation is 1. The zero-order valence-electron chi connectivity index (χ0n) is 12.8. The molecular weight excluding hydrogens is 266 g/mol. The molecule has 0 spiro atoms. The minimum absolute atomic E-state index is 0.494. The van der Waals surface area contributed by atoms with Crippen molar-refractivity contribution in [1.82, 2.24) is 10.3 Å². The van der Waals surface area contributed by atoms with Crippen LogP contribution in [-0.4, -0.2) is 24.6 Å². The Morgan fingerprint density at radius 2 is 2.00 bits per heavy atom. The van der Waals surface area contributed by atoms with Gasteiger partial charge in [-0.15, -0.1) is 11.3 Å². The van der Waals surface area contributed by atoms with Gasteiger partial charge in [0, 0.05) is 18.0 Å². The molecule has 1 fully saturated rings. The number of hydrogen-bond donors (Lipinski definition) is 1. The first kappa shape index (κ1) is 14.3. The molecule has 0 aliphatic heterocycles. The summed E-state index contributed by atoms with van der Waals surface area (Å²) in [5.41, 5.74) is 1.35. The van der Waals surface area contributed by atoms with Gasteiger partial charge in [0.2, 0.25) is 0 Å². The van der Waals surface area contributed by atoms with Gasteiger partial charge < -0.3 is 10.2 Å². The van der Waals surface area contributed by atoms with Crippen LogP contribution in [-0.2, 0) is 6.42 Å². The topological polar surface area (TPSA) is 28.2 Å². The minimum Gasteiger partial charge on any atom is -0.348 e. The van der Waals surface area contributed by atoms with Crippen LogP contribution in [0.15, 0.2) is 0 Å². The lowest BCUT2D eigenvalue weighted by Gasteiger charge is -2.30. The van der Waals surface area contributed by atoms with E-state index in [-0.39, 0.29) is 0 Å². The molecule has 4 heteroatoms. The summed E-state index contributed by atoms with van der Waals surface area (Å²) in [6, 6.07) is 1.21. The maximum atomic E-state index is 5.01. The summed E-state index contributed by atoms with van der Waals surface area (Å²) < 4.78 is 0. The van der Waals surface area contributed by atoms with E-state index in [1.165, 1.54) is 67.1 Å². The van der Waals surface area contributed by atoms with Gasteiger partial charge in [-0.25, -0.2) is 4.98 Å². The van der Waals surface area contributed by atoms with E-state index in [0.717, 1.165) is 6.54 Å². The van der Waals surface area contributed by atoms with Crippen LogP contribution >= 0.6 is 11.3 Å². The smallest absolute Gasteiger partial charge is 0.185 e.